The summed E-state index contributed by atoms with van der Waals surface area (Å²) >= 11 is 0. The SMILES string of the molecule is CC1CCCCN1.[O]. The van der Waals surface area contributed by atoms with E-state index in [0.717, 1.165) is 6.04 Å². The molecule has 2 heteroatoms. The Bertz CT molecular complexity index is 50.5. The molecule has 1 rings (SSSR count). The predicted molar refractivity (Wildman–Crippen MR) is 32.0 cm³/mol. The van der Waals surface area contributed by atoms with Crippen LogP contribution in [0.3, 0.4) is 0 Å². The van der Waals surface area contributed by atoms with Crippen LogP contribution >= 0.6 is 0 Å². The lowest BCUT2D eigenvalue weighted by Gasteiger charge is -2.18. The van der Waals surface area contributed by atoms with Gasteiger partial charge in [-0.2, -0.15) is 0 Å². The normalized spacial score (nSPS) is 28.9. The molecule has 1 atom stereocenters. The second-order valence-corrected chi connectivity index (χ2v) is 2.35. The molecule has 2 radical (unpaired) electrons. The quantitative estimate of drug-likeness (QED) is 0.503. The molecule has 1 unspecified atom stereocenters. The largest absolute Gasteiger partial charge is 0.314 e. The first-order chi connectivity index (χ1) is 3.39. The summed E-state index contributed by atoms with van der Waals surface area (Å²) in [4.78, 5) is 0. The minimum Gasteiger partial charge on any atom is -0.314 e. The van der Waals surface area contributed by atoms with Crippen molar-refractivity contribution in [1.82, 2.24) is 5.32 Å². The summed E-state index contributed by atoms with van der Waals surface area (Å²) in [6, 6.07) is 0.786. The van der Waals surface area contributed by atoms with Crippen LogP contribution in [0, 0.1) is 0 Å². The van der Waals surface area contributed by atoms with Crippen LogP contribution in [0.1, 0.15) is 26.2 Å². The molecule has 0 aromatic rings. The van der Waals surface area contributed by atoms with E-state index in [1.165, 1.54) is 25.8 Å². The lowest BCUT2D eigenvalue weighted by atomic mass is 10.1. The molecule has 0 saturated carbocycles. The van der Waals surface area contributed by atoms with Crippen LogP contribution in [0.4, 0.5) is 0 Å². The Labute approximate surface area is 50.6 Å². The van der Waals surface area contributed by atoms with E-state index < -0.39 is 0 Å². The van der Waals surface area contributed by atoms with E-state index in [4.69, 9.17) is 0 Å². The van der Waals surface area contributed by atoms with Gasteiger partial charge in [0.15, 0.2) is 0 Å². The van der Waals surface area contributed by atoms with E-state index in [1.54, 1.807) is 0 Å². The second-order valence-electron chi connectivity index (χ2n) is 2.35. The third-order valence-corrected chi connectivity index (χ3v) is 1.56. The number of hydrogen-bond donors (Lipinski definition) is 1. The summed E-state index contributed by atoms with van der Waals surface area (Å²) in [7, 11) is 0. The van der Waals surface area contributed by atoms with Crippen LogP contribution in [-0.4, -0.2) is 12.6 Å². The van der Waals surface area contributed by atoms with Gasteiger partial charge in [0.25, 0.3) is 0 Å². The van der Waals surface area contributed by atoms with Crippen molar-refractivity contribution in [2.45, 2.75) is 32.2 Å². The third kappa shape index (κ3) is 2.28. The Morgan fingerprint density at radius 1 is 1.38 bits per heavy atom. The summed E-state index contributed by atoms with van der Waals surface area (Å²) < 4.78 is 0. The van der Waals surface area contributed by atoms with Crippen LogP contribution in [0.15, 0.2) is 0 Å². The second kappa shape index (κ2) is 3.87. The van der Waals surface area contributed by atoms with Crippen molar-refractivity contribution in [2.75, 3.05) is 6.54 Å². The van der Waals surface area contributed by atoms with Gasteiger partial charge in [-0.3, -0.25) is 0 Å². The summed E-state index contributed by atoms with van der Waals surface area (Å²) in [5, 5.41) is 3.38. The molecular weight excluding hydrogens is 102 g/mol. The van der Waals surface area contributed by atoms with Gasteiger partial charge >= 0.3 is 0 Å². The van der Waals surface area contributed by atoms with Crippen LogP contribution < -0.4 is 5.32 Å². The van der Waals surface area contributed by atoms with E-state index in [1.807, 2.05) is 0 Å². The standard InChI is InChI=1S/C6H13N.O/c1-6-4-2-3-5-7-6;/h6-7H,2-5H2,1H3;. The van der Waals surface area contributed by atoms with E-state index in [-0.39, 0.29) is 5.48 Å². The van der Waals surface area contributed by atoms with E-state index in [9.17, 15) is 0 Å². The maximum Gasteiger partial charge on any atom is 0.00387 e. The molecule has 2 nitrogen and oxygen atoms in total. The fraction of sp³-hybridized carbons (Fsp3) is 1.00. The minimum atomic E-state index is 0. The fourth-order valence-electron chi connectivity index (χ4n) is 1.03. The molecule has 1 N–H and O–H groups in total. The van der Waals surface area contributed by atoms with Gasteiger partial charge in [-0.15, -0.1) is 0 Å². The van der Waals surface area contributed by atoms with Gasteiger partial charge in [-0.25, -0.2) is 0 Å². The highest BCUT2D eigenvalue weighted by molar-refractivity contribution is 4.65. The van der Waals surface area contributed by atoms with Gasteiger partial charge in [-0.1, -0.05) is 6.42 Å². The number of piperidine rings is 1. The third-order valence-electron chi connectivity index (χ3n) is 1.56. The average Bonchev–Trinajstić information content (AvgIpc) is 1.69. The Balaban J connectivity index is 0.000000490. The molecule has 8 heavy (non-hydrogen) atoms. The van der Waals surface area contributed by atoms with Crippen molar-refractivity contribution >= 4 is 0 Å². The molecular formula is C6H13NO. The molecule has 0 aromatic carbocycles. The number of nitrogens with one attached hydrogen (secondary N) is 1. The first-order valence-electron chi connectivity index (χ1n) is 3.13. The van der Waals surface area contributed by atoms with Crippen molar-refractivity contribution in [3.63, 3.8) is 0 Å². The Morgan fingerprint density at radius 2 is 2.12 bits per heavy atom. The molecule has 0 aliphatic carbocycles. The van der Waals surface area contributed by atoms with E-state index >= 15 is 0 Å². The van der Waals surface area contributed by atoms with Gasteiger partial charge in [0.1, 0.15) is 0 Å². The van der Waals surface area contributed by atoms with Gasteiger partial charge < -0.3 is 5.32 Å². The van der Waals surface area contributed by atoms with Gasteiger partial charge in [0, 0.05) is 11.5 Å². The molecule has 1 heterocycles. The molecule has 1 aliphatic rings. The lowest BCUT2D eigenvalue weighted by molar-refractivity contribution is 0.425. The van der Waals surface area contributed by atoms with E-state index in [2.05, 4.69) is 12.2 Å². The Kier molecular flexibility index (Phi) is 3.83. The minimum absolute atomic E-state index is 0. The summed E-state index contributed by atoms with van der Waals surface area (Å²) in [5.74, 6) is 0. The van der Waals surface area contributed by atoms with Crippen LogP contribution in [0.5, 0.6) is 0 Å². The summed E-state index contributed by atoms with van der Waals surface area (Å²) in [6.45, 7) is 3.49. The molecule has 0 aromatic heterocycles. The van der Waals surface area contributed by atoms with Crippen molar-refractivity contribution in [1.29, 1.82) is 0 Å². The fourth-order valence-corrected chi connectivity index (χ4v) is 1.03. The summed E-state index contributed by atoms with van der Waals surface area (Å²) in [6.07, 6.45) is 4.18. The first kappa shape index (κ1) is 7.92. The molecule has 1 aliphatic heterocycles. The van der Waals surface area contributed by atoms with E-state index in [0.29, 0.717) is 0 Å². The van der Waals surface area contributed by atoms with Crippen molar-refractivity contribution < 1.29 is 5.48 Å². The molecule has 1 fully saturated rings. The maximum absolute atomic E-state index is 3.38. The maximum atomic E-state index is 3.38. The Hall–Kier alpha value is -0.0800. The highest BCUT2D eigenvalue weighted by Crippen LogP contribution is 2.04. The zero-order chi connectivity index (χ0) is 5.11. The summed E-state index contributed by atoms with van der Waals surface area (Å²) in [5.41, 5.74) is 0. The van der Waals surface area contributed by atoms with Gasteiger partial charge in [0.05, 0.1) is 0 Å². The molecule has 0 spiro atoms. The van der Waals surface area contributed by atoms with Crippen LogP contribution in [0.2, 0.25) is 0 Å². The average molecular weight is 115 g/mol. The van der Waals surface area contributed by atoms with Crippen molar-refractivity contribution in [3.05, 3.63) is 0 Å². The molecule has 0 bridgehead atoms. The van der Waals surface area contributed by atoms with Crippen molar-refractivity contribution in [2.24, 2.45) is 0 Å². The zero-order valence-electron chi connectivity index (χ0n) is 5.31. The van der Waals surface area contributed by atoms with Gasteiger partial charge in [0.2, 0.25) is 0 Å². The van der Waals surface area contributed by atoms with Crippen LogP contribution in [-0.2, 0) is 5.48 Å². The highest BCUT2D eigenvalue weighted by Gasteiger charge is 2.04. The zero-order valence-corrected chi connectivity index (χ0v) is 5.31. The lowest BCUT2D eigenvalue weighted by Crippen LogP contribution is -2.30. The number of rotatable bonds is 0. The van der Waals surface area contributed by atoms with Crippen LogP contribution in [0.25, 0.3) is 0 Å². The number of hydrogen-bond acceptors (Lipinski definition) is 1. The molecule has 0 amide bonds. The monoisotopic (exact) mass is 115 g/mol. The highest BCUT2D eigenvalue weighted by atomic mass is 16.0. The topological polar surface area (TPSA) is 40.5 Å². The first-order valence-corrected chi connectivity index (χ1v) is 3.13. The van der Waals surface area contributed by atoms with Crippen molar-refractivity contribution in [3.8, 4) is 0 Å². The molecule has 1 saturated heterocycles. The Morgan fingerprint density at radius 3 is 2.38 bits per heavy atom. The molecule has 48 valence electrons. The van der Waals surface area contributed by atoms with Gasteiger partial charge in [-0.05, 0) is 26.3 Å². The smallest absolute Gasteiger partial charge is 0.00387 e. The predicted octanol–water partition coefficient (Wildman–Crippen LogP) is 1.03.